The van der Waals surface area contributed by atoms with Crippen molar-refractivity contribution in [3.63, 3.8) is 0 Å². The Labute approximate surface area is 218 Å². The van der Waals surface area contributed by atoms with E-state index < -0.39 is 0 Å². The van der Waals surface area contributed by atoms with E-state index in [-0.39, 0.29) is 30.1 Å². The van der Waals surface area contributed by atoms with Crippen molar-refractivity contribution in [3.05, 3.63) is 101 Å². The first-order valence-corrected chi connectivity index (χ1v) is 12.9. The van der Waals surface area contributed by atoms with Crippen LogP contribution in [0.15, 0.2) is 78.9 Å². The number of nitrogens with zero attached hydrogens (tertiary/aromatic N) is 2. The van der Waals surface area contributed by atoms with E-state index in [0.29, 0.717) is 31.8 Å². The van der Waals surface area contributed by atoms with Gasteiger partial charge in [-0.2, -0.15) is 0 Å². The van der Waals surface area contributed by atoms with Crippen molar-refractivity contribution in [2.75, 3.05) is 24.6 Å². The molecule has 37 heavy (non-hydrogen) atoms. The summed E-state index contributed by atoms with van der Waals surface area (Å²) in [5, 5.41) is 0. The Morgan fingerprint density at radius 3 is 2.43 bits per heavy atom. The van der Waals surface area contributed by atoms with Gasteiger partial charge in [-0.25, -0.2) is 0 Å². The molecule has 0 N–H and O–H groups in total. The van der Waals surface area contributed by atoms with Gasteiger partial charge in [-0.05, 0) is 61.6 Å². The van der Waals surface area contributed by atoms with Crippen LogP contribution in [0.5, 0.6) is 0 Å². The molecule has 1 saturated heterocycles. The molecule has 0 unspecified atom stereocenters. The van der Waals surface area contributed by atoms with E-state index in [1.807, 2.05) is 85.8 Å². The van der Waals surface area contributed by atoms with Crippen molar-refractivity contribution in [1.82, 2.24) is 4.90 Å². The Balaban J connectivity index is 1.55. The van der Waals surface area contributed by atoms with Crippen molar-refractivity contribution in [3.8, 4) is 0 Å². The monoisotopic (exact) mass is 498 g/mol. The number of esters is 1. The van der Waals surface area contributed by atoms with E-state index >= 15 is 0 Å². The SMILES string of the molecule is CCOC(=O)[C@H]1CCCN(C(=O)Cc2cccc(N(Cc3ccccc3)C(=O)c3ccccc3C)c2)C1. The maximum absolute atomic E-state index is 13.7. The van der Waals surface area contributed by atoms with E-state index in [1.54, 1.807) is 16.7 Å². The predicted octanol–water partition coefficient (Wildman–Crippen LogP) is 5.19. The van der Waals surface area contributed by atoms with Crippen LogP contribution in [-0.2, 0) is 27.3 Å². The molecular formula is C31H34N2O4. The number of hydrogen-bond acceptors (Lipinski definition) is 4. The molecule has 192 valence electrons. The lowest BCUT2D eigenvalue weighted by atomic mass is 9.97. The molecule has 3 aromatic rings. The van der Waals surface area contributed by atoms with Crippen molar-refractivity contribution < 1.29 is 19.1 Å². The van der Waals surface area contributed by atoms with Crippen LogP contribution in [0, 0.1) is 12.8 Å². The lowest BCUT2D eigenvalue weighted by Gasteiger charge is -2.31. The fraction of sp³-hybridized carbons (Fsp3) is 0.323. The van der Waals surface area contributed by atoms with Crippen LogP contribution in [0.2, 0.25) is 0 Å². The van der Waals surface area contributed by atoms with Crippen molar-refractivity contribution >= 4 is 23.5 Å². The number of amides is 2. The van der Waals surface area contributed by atoms with Crippen LogP contribution in [-0.4, -0.2) is 42.4 Å². The summed E-state index contributed by atoms with van der Waals surface area (Å²) >= 11 is 0. The highest BCUT2D eigenvalue weighted by molar-refractivity contribution is 6.07. The molecule has 1 heterocycles. The maximum Gasteiger partial charge on any atom is 0.310 e. The fourth-order valence-corrected chi connectivity index (χ4v) is 4.78. The highest BCUT2D eigenvalue weighted by Crippen LogP contribution is 2.24. The summed E-state index contributed by atoms with van der Waals surface area (Å²) in [6.45, 7) is 5.52. The fourth-order valence-electron chi connectivity index (χ4n) is 4.78. The topological polar surface area (TPSA) is 66.9 Å². The Kier molecular flexibility index (Phi) is 8.72. The molecule has 1 fully saturated rings. The van der Waals surface area contributed by atoms with Gasteiger partial charge in [-0.3, -0.25) is 14.4 Å². The Morgan fingerprint density at radius 1 is 0.946 bits per heavy atom. The minimum absolute atomic E-state index is 0.0222. The van der Waals surface area contributed by atoms with Gasteiger partial charge in [0.25, 0.3) is 5.91 Å². The zero-order valence-corrected chi connectivity index (χ0v) is 21.6. The maximum atomic E-state index is 13.7. The number of benzene rings is 3. The van der Waals surface area contributed by atoms with Gasteiger partial charge in [0.05, 0.1) is 25.5 Å². The van der Waals surface area contributed by atoms with E-state index in [9.17, 15) is 14.4 Å². The molecule has 0 aliphatic carbocycles. The quantitative estimate of drug-likeness (QED) is 0.401. The van der Waals surface area contributed by atoms with Crippen LogP contribution in [0.25, 0.3) is 0 Å². The van der Waals surface area contributed by atoms with Gasteiger partial charge in [0, 0.05) is 24.3 Å². The van der Waals surface area contributed by atoms with Crippen LogP contribution >= 0.6 is 0 Å². The Hall–Kier alpha value is -3.93. The molecule has 6 nitrogen and oxygen atoms in total. The van der Waals surface area contributed by atoms with Crippen molar-refractivity contribution in [1.29, 1.82) is 0 Å². The summed E-state index contributed by atoms with van der Waals surface area (Å²) in [6.07, 6.45) is 1.74. The molecule has 2 amide bonds. The van der Waals surface area contributed by atoms with Gasteiger partial charge < -0.3 is 14.5 Å². The molecule has 0 aromatic heterocycles. The van der Waals surface area contributed by atoms with Crippen molar-refractivity contribution in [2.45, 2.75) is 39.7 Å². The normalized spacial score (nSPS) is 15.2. The standard InChI is InChI=1S/C31H34N2O4/c1-3-37-31(36)26-15-10-18-32(22-26)29(34)20-25-14-9-16-27(19-25)33(21-24-12-5-4-6-13-24)30(35)28-17-8-7-11-23(28)2/h4-9,11-14,16-17,19,26H,3,10,15,18,20-22H2,1-2H3/t26-/m0/s1. The zero-order chi connectivity index (χ0) is 26.2. The van der Waals surface area contributed by atoms with Crippen molar-refractivity contribution in [2.24, 2.45) is 5.92 Å². The molecule has 1 atom stereocenters. The van der Waals surface area contributed by atoms with Crippen LogP contribution in [0.4, 0.5) is 5.69 Å². The molecule has 4 rings (SSSR count). The molecular weight excluding hydrogens is 464 g/mol. The Bertz CT molecular complexity index is 1240. The number of hydrogen-bond donors (Lipinski definition) is 0. The number of ether oxygens (including phenoxy) is 1. The summed E-state index contributed by atoms with van der Waals surface area (Å²) < 4.78 is 5.17. The highest BCUT2D eigenvalue weighted by atomic mass is 16.5. The average Bonchev–Trinajstić information content (AvgIpc) is 2.92. The second kappa shape index (κ2) is 12.3. The number of carbonyl (C=O) groups is 3. The smallest absolute Gasteiger partial charge is 0.310 e. The van der Waals surface area contributed by atoms with Crippen LogP contribution in [0.1, 0.15) is 46.8 Å². The molecule has 3 aromatic carbocycles. The highest BCUT2D eigenvalue weighted by Gasteiger charge is 2.29. The minimum Gasteiger partial charge on any atom is -0.466 e. The zero-order valence-electron chi connectivity index (χ0n) is 21.6. The summed E-state index contributed by atoms with van der Waals surface area (Å²) in [4.78, 5) is 42.6. The van der Waals surface area contributed by atoms with Gasteiger partial charge in [-0.15, -0.1) is 0 Å². The molecule has 6 heteroatoms. The van der Waals surface area contributed by atoms with Gasteiger partial charge in [0.2, 0.25) is 5.91 Å². The molecule has 0 spiro atoms. The largest absolute Gasteiger partial charge is 0.466 e. The first kappa shape index (κ1) is 26.1. The number of anilines is 1. The number of rotatable bonds is 8. The lowest BCUT2D eigenvalue weighted by molar-refractivity contribution is -0.151. The number of likely N-dealkylation sites (tertiary alicyclic amines) is 1. The summed E-state index contributed by atoms with van der Waals surface area (Å²) in [5.41, 5.74) is 4.16. The molecule has 1 aliphatic heterocycles. The first-order valence-electron chi connectivity index (χ1n) is 12.9. The third kappa shape index (κ3) is 6.64. The molecule has 0 radical (unpaired) electrons. The van der Waals surface area contributed by atoms with E-state index in [0.717, 1.165) is 35.2 Å². The Morgan fingerprint density at radius 2 is 1.68 bits per heavy atom. The molecule has 0 bridgehead atoms. The predicted molar refractivity (Wildman–Crippen MR) is 144 cm³/mol. The summed E-state index contributed by atoms with van der Waals surface area (Å²) in [6, 6.07) is 25.1. The number of piperidine rings is 1. The third-order valence-electron chi connectivity index (χ3n) is 6.78. The molecule has 0 saturated carbocycles. The van der Waals surface area contributed by atoms with Gasteiger partial charge in [0.15, 0.2) is 0 Å². The van der Waals surface area contributed by atoms with Gasteiger partial charge in [0.1, 0.15) is 0 Å². The van der Waals surface area contributed by atoms with E-state index in [4.69, 9.17) is 4.74 Å². The first-order chi connectivity index (χ1) is 18.0. The van der Waals surface area contributed by atoms with E-state index in [1.165, 1.54) is 0 Å². The number of aryl methyl sites for hydroxylation is 1. The number of carbonyl (C=O) groups excluding carboxylic acids is 3. The second-order valence-electron chi connectivity index (χ2n) is 9.47. The van der Waals surface area contributed by atoms with Gasteiger partial charge >= 0.3 is 5.97 Å². The summed E-state index contributed by atoms with van der Waals surface area (Å²) in [7, 11) is 0. The van der Waals surface area contributed by atoms with Gasteiger partial charge in [-0.1, -0.05) is 60.7 Å². The summed E-state index contributed by atoms with van der Waals surface area (Å²) in [5.74, 6) is -0.602. The third-order valence-corrected chi connectivity index (χ3v) is 6.78. The lowest BCUT2D eigenvalue weighted by Crippen LogP contribution is -2.43. The van der Waals surface area contributed by atoms with E-state index in [2.05, 4.69) is 0 Å². The minimum atomic E-state index is -0.267. The van der Waals surface area contributed by atoms with Crippen LogP contribution < -0.4 is 4.90 Å². The molecule has 1 aliphatic rings. The second-order valence-corrected chi connectivity index (χ2v) is 9.47. The average molecular weight is 499 g/mol. The van der Waals surface area contributed by atoms with Crippen LogP contribution in [0.3, 0.4) is 0 Å².